The molecule has 0 aliphatic carbocycles. The first-order valence-corrected chi connectivity index (χ1v) is 12.1. The standard InChI is InChI=1S/C26H26N4OS2/c1-18-10-12-23(13-11-18)33-17-24-28-29(16-25(31)27-21-8-4-6-19(2)14-21)26(32)30(24)22-9-5-7-20(3)15-22/h4-15H,16-17H2,1-3H3,(H,27,31). The first-order valence-electron chi connectivity index (χ1n) is 10.7. The van der Waals surface area contributed by atoms with E-state index in [2.05, 4.69) is 42.6 Å². The zero-order valence-electron chi connectivity index (χ0n) is 18.9. The molecule has 7 heteroatoms. The highest BCUT2D eigenvalue weighted by molar-refractivity contribution is 7.98. The molecule has 4 aromatic rings. The first kappa shape index (κ1) is 23.0. The number of hydrogen-bond donors (Lipinski definition) is 1. The van der Waals surface area contributed by atoms with Crippen molar-refractivity contribution in [3.63, 3.8) is 0 Å². The van der Waals surface area contributed by atoms with Crippen LogP contribution in [0.5, 0.6) is 0 Å². The van der Waals surface area contributed by atoms with Gasteiger partial charge in [-0.05, 0) is 80.5 Å². The van der Waals surface area contributed by atoms with Crippen LogP contribution in [0.2, 0.25) is 0 Å². The first-order chi connectivity index (χ1) is 15.9. The molecule has 168 valence electrons. The van der Waals surface area contributed by atoms with Gasteiger partial charge >= 0.3 is 0 Å². The largest absolute Gasteiger partial charge is 0.324 e. The fourth-order valence-corrected chi connectivity index (χ4v) is 4.64. The Morgan fingerprint density at radius 2 is 1.64 bits per heavy atom. The van der Waals surface area contributed by atoms with E-state index >= 15 is 0 Å². The minimum absolute atomic E-state index is 0.0494. The normalized spacial score (nSPS) is 10.9. The number of nitrogens with zero attached hydrogens (tertiary/aromatic N) is 3. The van der Waals surface area contributed by atoms with E-state index in [0.717, 1.165) is 33.2 Å². The minimum atomic E-state index is -0.164. The lowest BCUT2D eigenvalue weighted by molar-refractivity contribution is -0.116. The number of thioether (sulfide) groups is 1. The maximum Gasteiger partial charge on any atom is 0.246 e. The van der Waals surface area contributed by atoms with Gasteiger partial charge in [0.25, 0.3) is 0 Å². The van der Waals surface area contributed by atoms with Crippen molar-refractivity contribution in [3.8, 4) is 5.69 Å². The van der Waals surface area contributed by atoms with Crippen LogP contribution in [-0.4, -0.2) is 20.3 Å². The van der Waals surface area contributed by atoms with E-state index in [-0.39, 0.29) is 12.5 Å². The van der Waals surface area contributed by atoms with E-state index in [1.54, 1.807) is 16.4 Å². The van der Waals surface area contributed by atoms with Crippen LogP contribution in [0.3, 0.4) is 0 Å². The van der Waals surface area contributed by atoms with E-state index in [0.29, 0.717) is 10.5 Å². The molecule has 5 nitrogen and oxygen atoms in total. The molecule has 0 aliphatic heterocycles. The van der Waals surface area contributed by atoms with Gasteiger partial charge in [-0.25, -0.2) is 4.68 Å². The average molecular weight is 475 g/mol. The lowest BCUT2D eigenvalue weighted by atomic mass is 10.2. The molecular weight excluding hydrogens is 448 g/mol. The number of aromatic nitrogens is 3. The number of amides is 1. The number of hydrogen-bond acceptors (Lipinski definition) is 4. The van der Waals surface area contributed by atoms with Gasteiger partial charge in [0.15, 0.2) is 0 Å². The van der Waals surface area contributed by atoms with Crippen LogP contribution in [0.1, 0.15) is 22.5 Å². The van der Waals surface area contributed by atoms with Gasteiger partial charge in [0.2, 0.25) is 10.7 Å². The van der Waals surface area contributed by atoms with Crippen LogP contribution < -0.4 is 5.32 Å². The highest BCUT2D eigenvalue weighted by atomic mass is 32.2. The van der Waals surface area contributed by atoms with Crippen molar-refractivity contribution in [2.75, 3.05) is 5.32 Å². The molecule has 1 amide bonds. The molecule has 0 radical (unpaired) electrons. The van der Waals surface area contributed by atoms with Crippen molar-refractivity contribution < 1.29 is 4.79 Å². The van der Waals surface area contributed by atoms with Crippen molar-refractivity contribution in [1.29, 1.82) is 0 Å². The van der Waals surface area contributed by atoms with E-state index in [4.69, 9.17) is 17.3 Å². The summed E-state index contributed by atoms with van der Waals surface area (Å²) in [4.78, 5) is 13.9. The number of nitrogens with one attached hydrogen (secondary N) is 1. The van der Waals surface area contributed by atoms with Gasteiger partial charge in [-0.2, -0.15) is 5.10 Å². The summed E-state index contributed by atoms with van der Waals surface area (Å²) in [5.41, 5.74) is 5.16. The molecule has 3 aromatic carbocycles. The smallest absolute Gasteiger partial charge is 0.246 e. The molecule has 1 heterocycles. The Labute approximate surface area is 203 Å². The maximum absolute atomic E-state index is 12.7. The van der Waals surface area contributed by atoms with Gasteiger partial charge in [0.05, 0.1) is 5.75 Å². The summed E-state index contributed by atoms with van der Waals surface area (Å²) in [6, 6.07) is 24.3. The molecule has 1 aromatic heterocycles. The molecule has 0 unspecified atom stereocenters. The predicted molar refractivity (Wildman–Crippen MR) is 138 cm³/mol. The average Bonchev–Trinajstić information content (AvgIpc) is 3.08. The van der Waals surface area contributed by atoms with Gasteiger partial charge < -0.3 is 5.32 Å². The number of anilines is 1. The van der Waals surface area contributed by atoms with E-state index in [1.807, 2.05) is 60.9 Å². The third-order valence-electron chi connectivity index (χ3n) is 5.15. The Hall–Kier alpha value is -3.16. The van der Waals surface area contributed by atoms with Crippen molar-refractivity contribution in [3.05, 3.63) is 100 Å². The zero-order chi connectivity index (χ0) is 23.4. The van der Waals surface area contributed by atoms with Crippen molar-refractivity contribution in [2.45, 2.75) is 38.0 Å². The Kier molecular flexibility index (Phi) is 7.11. The van der Waals surface area contributed by atoms with Crippen molar-refractivity contribution >= 4 is 35.6 Å². The summed E-state index contributed by atoms with van der Waals surface area (Å²) in [6.45, 7) is 6.17. The zero-order valence-corrected chi connectivity index (χ0v) is 20.5. The van der Waals surface area contributed by atoms with Crippen molar-refractivity contribution in [1.82, 2.24) is 14.3 Å². The second-order valence-electron chi connectivity index (χ2n) is 8.05. The van der Waals surface area contributed by atoms with Crippen LogP contribution in [0, 0.1) is 25.5 Å². The number of carbonyl (C=O) groups is 1. The van der Waals surface area contributed by atoms with Gasteiger partial charge in [-0.1, -0.05) is 42.0 Å². The number of rotatable bonds is 7. The van der Waals surface area contributed by atoms with Crippen LogP contribution in [0.25, 0.3) is 5.69 Å². The monoisotopic (exact) mass is 474 g/mol. The van der Waals surface area contributed by atoms with Gasteiger partial charge in [-0.15, -0.1) is 11.8 Å². The fraction of sp³-hybridized carbons (Fsp3) is 0.192. The van der Waals surface area contributed by atoms with Crippen molar-refractivity contribution in [2.24, 2.45) is 0 Å². The second-order valence-corrected chi connectivity index (χ2v) is 9.46. The third-order valence-corrected chi connectivity index (χ3v) is 6.55. The molecule has 1 N–H and O–H groups in total. The molecule has 0 saturated heterocycles. The summed E-state index contributed by atoms with van der Waals surface area (Å²) >= 11 is 7.46. The van der Waals surface area contributed by atoms with Gasteiger partial charge in [0.1, 0.15) is 12.4 Å². The molecule has 4 rings (SSSR count). The SMILES string of the molecule is Cc1ccc(SCc2nn(CC(=O)Nc3cccc(C)c3)c(=S)n2-c2cccc(C)c2)cc1. The molecule has 33 heavy (non-hydrogen) atoms. The molecule has 0 fully saturated rings. The quantitative estimate of drug-likeness (QED) is 0.254. The highest BCUT2D eigenvalue weighted by Crippen LogP contribution is 2.25. The van der Waals surface area contributed by atoms with Gasteiger partial charge in [0, 0.05) is 16.3 Å². The molecule has 0 saturated carbocycles. The predicted octanol–water partition coefficient (Wildman–Crippen LogP) is 6.26. The summed E-state index contributed by atoms with van der Waals surface area (Å²) in [6.07, 6.45) is 0. The number of benzene rings is 3. The van der Waals surface area contributed by atoms with Crippen LogP contribution in [0.15, 0.2) is 77.7 Å². The summed E-state index contributed by atoms with van der Waals surface area (Å²) < 4.78 is 4.07. The topological polar surface area (TPSA) is 51.9 Å². The summed E-state index contributed by atoms with van der Waals surface area (Å²) in [5, 5.41) is 7.68. The lowest BCUT2D eigenvalue weighted by Gasteiger charge is -2.08. The van der Waals surface area contributed by atoms with E-state index in [9.17, 15) is 4.79 Å². The number of carbonyl (C=O) groups excluding carboxylic acids is 1. The van der Waals surface area contributed by atoms with Crippen LogP contribution in [-0.2, 0) is 17.1 Å². The minimum Gasteiger partial charge on any atom is -0.324 e. The highest BCUT2D eigenvalue weighted by Gasteiger charge is 2.15. The molecular formula is C26H26N4OS2. The molecule has 0 atom stereocenters. The third kappa shape index (κ3) is 5.80. The fourth-order valence-electron chi connectivity index (χ4n) is 3.52. The summed E-state index contributed by atoms with van der Waals surface area (Å²) in [5.74, 6) is 1.27. The second kappa shape index (κ2) is 10.2. The maximum atomic E-state index is 12.7. The van der Waals surface area contributed by atoms with E-state index in [1.165, 1.54) is 5.56 Å². The van der Waals surface area contributed by atoms with Crippen LogP contribution >= 0.6 is 24.0 Å². The Bertz CT molecular complexity index is 1340. The molecule has 0 aliphatic rings. The van der Waals surface area contributed by atoms with Gasteiger partial charge in [-0.3, -0.25) is 9.36 Å². The Morgan fingerprint density at radius 3 is 2.33 bits per heavy atom. The van der Waals surface area contributed by atoms with E-state index < -0.39 is 0 Å². The van der Waals surface area contributed by atoms with Crippen LogP contribution in [0.4, 0.5) is 5.69 Å². The summed E-state index contributed by atoms with van der Waals surface area (Å²) in [7, 11) is 0. The molecule has 0 spiro atoms. The Morgan fingerprint density at radius 1 is 0.939 bits per heavy atom. The molecule has 0 bridgehead atoms. The number of aryl methyl sites for hydroxylation is 3. The Balaban J connectivity index is 1.61. The lowest BCUT2D eigenvalue weighted by Crippen LogP contribution is -2.20.